The lowest BCUT2D eigenvalue weighted by Crippen LogP contribution is -2.21. The van der Waals surface area contributed by atoms with Crippen LogP contribution in [0.4, 0.5) is 5.69 Å². The second-order valence-corrected chi connectivity index (χ2v) is 5.27. The Morgan fingerprint density at radius 2 is 1.76 bits per heavy atom. The third kappa shape index (κ3) is 6.70. The highest BCUT2D eigenvalue weighted by Gasteiger charge is 2.09. The molecule has 0 aliphatic carbocycles. The van der Waals surface area contributed by atoms with Crippen LogP contribution in [0.1, 0.15) is 44.0 Å². The maximum absolute atomic E-state index is 11.6. The minimum Gasteiger partial charge on any atom is -0.456 e. The molecule has 1 aromatic rings. The molecule has 0 heterocycles. The molecule has 0 spiro atoms. The Morgan fingerprint density at radius 1 is 1.14 bits per heavy atom. The molecule has 0 aromatic heterocycles. The van der Waals surface area contributed by atoms with Crippen LogP contribution in [0, 0.1) is 5.92 Å². The van der Waals surface area contributed by atoms with Crippen LogP contribution in [0.15, 0.2) is 24.3 Å². The lowest BCUT2D eigenvalue weighted by atomic mass is 10.1. The first-order valence-corrected chi connectivity index (χ1v) is 6.95. The molecule has 0 fully saturated rings. The topological polar surface area (TPSA) is 72.5 Å². The van der Waals surface area contributed by atoms with Crippen molar-refractivity contribution in [3.63, 3.8) is 0 Å². The van der Waals surface area contributed by atoms with Gasteiger partial charge in [-0.05, 0) is 43.5 Å². The molecule has 21 heavy (non-hydrogen) atoms. The van der Waals surface area contributed by atoms with Crippen molar-refractivity contribution < 1.29 is 19.1 Å². The smallest absolute Gasteiger partial charge is 0.306 e. The van der Waals surface area contributed by atoms with Crippen molar-refractivity contribution in [2.45, 2.75) is 33.6 Å². The molecule has 0 saturated heterocycles. The molecule has 0 unspecified atom stereocenters. The summed E-state index contributed by atoms with van der Waals surface area (Å²) in [4.78, 5) is 34.1. The molecule has 1 amide bonds. The Hall–Kier alpha value is -2.17. The average molecular weight is 291 g/mol. The van der Waals surface area contributed by atoms with Crippen LogP contribution >= 0.6 is 0 Å². The largest absolute Gasteiger partial charge is 0.456 e. The highest BCUT2D eigenvalue weighted by Crippen LogP contribution is 2.10. The Balaban J connectivity index is 2.36. The third-order valence-electron chi connectivity index (χ3n) is 2.87. The molecule has 0 radical (unpaired) electrons. The number of esters is 1. The molecule has 1 N–H and O–H groups in total. The highest BCUT2D eigenvalue weighted by atomic mass is 16.5. The molecule has 1 aromatic carbocycles. The number of nitrogens with one attached hydrogen (secondary N) is 1. The quantitative estimate of drug-likeness (QED) is 0.619. The van der Waals surface area contributed by atoms with Gasteiger partial charge in [0.05, 0.1) is 0 Å². The van der Waals surface area contributed by atoms with E-state index < -0.39 is 5.91 Å². The summed E-state index contributed by atoms with van der Waals surface area (Å²) >= 11 is 0. The lowest BCUT2D eigenvalue weighted by Gasteiger charge is -2.08. The van der Waals surface area contributed by atoms with E-state index in [0.717, 1.165) is 6.42 Å². The molecule has 114 valence electrons. The van der Waals surface area contributed by atoms with Crippen molar-refractivity contribution in [2.75, 3.05) is 11.9 Å². The summed E-state index contributed by atoms with van der Waals surface area (Å²) < 4.78 is 4.88. The fraction of sp³-hybridized carbons (Fsp3) is 0.438. The standard InChI is InChI=1S/C16H21NO4/c1-11(2)4-9-16(20)21-10-15(19)17-14-7-5-13(6-8-14)12(3)18/h5-8,11H,4,9-10H2,1-3H3,(H,17,19). The van der Waals surface area contributed by atoms with Crippen LogP contribution in [0.2, 0.25) is 0 Å². The van der Waals surface area contributed by atoms with Crippen molar-refractivity contribution in [3.05, 3.63) is 29.8 Å². The Labute approximate surface area is 124 Å². The number of anilines is 1. The van der Waals surface area contributed by atoms with Gasteiger partial charge in [-0.1, -0.05) is 13.8 Å². The van der Waals surface area contributed by atoms with Crippen molar-refractivity contribution >= 4 is 23.3 Å². The first-order chi connectivity index (χ1) is 9.88. The second kappa shape index (κ2) is 8.19. The molecule has 5 nitrogen and oxygen atoms in total. The lowest BCUT2D eigenvalue weighted by molar-refractivity contribution is -0.147. The zero-order chi connectivity index (χ0) is 15.8. The van der Waals surface area contributed by atoms with Gasteiger partial charge >= 0.3 is 5.97 Å². The predicted octanol–water partition coefficient (Wildman–Crippen LogP) is 2.81. The van der Waals surface area contributed by atoms with Crippen LogP contribution in [0.25, 0.3) is 0 Å². The van der Waals surface area contributed by atoms with Gasteiger partial charge in [0, 0.05) is 17.7 Å². The average Bonchev–Trinajstić information content (AvgIpc) is 2.43. The van der Waals surface area contributed by atoms with Crippen molar-refractivity contribution in [1.82, 2.24) is 0 Å². The first kappa shape index (κ1) is 16.9. The van der Waals surface area contributed by atoms with E-state index in [1.807, 2.05) is 13.8 Å². The molecule has 0 atom stereocenters. The summed E-state index contributed by atoms with van der Waals surface area (Å²) in [6.07, 6.45) is 1.06. The third-order valence-corrected chi connectivity index (χ3v) is 2.87. The summed E-state index contributed by atoms with van der Waals surface area (Å²) in [7, 11) is 0. The van der Waals surface area contributed by atoms with Crippen molar-refractivity contribution in [1.29, 1.82) is 0 Å². The van der Waals surface area contributed by atoms with Crippen LogP contribution in [-0.2, 0) is 14.3 Å². The van der Waals surface area contributed by atoms with Crippen molar-refractivity contribution in [3.8, 4) is 0 Å². The summed E-state index contributed by atoms with van der Waals surface area (Å²) in [5.41, 5.74) is 1.14. The van der Waals surface area contributed by atoms with Gasteiger partial charge in [-0.2, -0.15) is 0 Å². The van der Waals surface area contributed by atoms with Crippen LogP contribution < -0.4 is 5.32 Å². The summed E-state index contributed by atoms with van der Waals surface area (Å²) in [5, 5.41) is 2.60. The van der Waals surface area contributed by atoms with Gasteiger partial charge in [-0.3, -0.25) is 14.4 Å². The van der Waals surface area contributed by atoms with Gasteiger partial charge in [0.2, 0.25) is 0 Å². The fourth-order valence-electron chi connectivity index (χ4n) is 1.61. The summed E-state index contributed by atoms with van der Waals surface area (Å²) in [6.45, 7) is 5.21. The van der Waals surface area contributed by atoms with Gasteiger partial charge in [0.25, 0.3) is 5.91 Å². The number of carbonyl (C=O) groups is 3. The Kier molecular flexibility index (Phi) is 6.59. The SMILES string of the molecule is CC(=O)c1ccc(NC(=O)COC(=O)CCC(C)C)cc1. The van der Waals surface area contributed by atoms with Gasteiger partial charge in [0.1, 0.15) is 0 Å². The normalized spacial score (nSPS) is 10.3. The number of hydrogen-bond acceptors (Lipinski definition) is 4. The van der Waals surface area contributed by atoms with Crippen molar-refractivity contribution in [2.24, 2.45) is 5.92 Å². The minimum absolute atomic E-state index is 0.0352. The van der Waals surface area contributed by atoms with Crippen LogP contribution in [0.5, 0.6) is 0 Å². The van der Waals surface area contributed by atoms with Crippen LogP contribution in [-0.4, -0.2) is 24.3 Å². The van der Waals surface area contributed by atoms with Gasteiger partial charge in [0.15, 0.2) is 12.4 Å². The van der Waals surface area contributed by atoms with E-state index in [9.17, 15) is 14.4 Å². The molecule has 0 saturated carbocycles. The van der Waals surface area contributed by atoms with Crippen LogP contribution in [0.3, 0.4) is 0 Å². The highest BCUT2D eigenvalue weighted by molar-refractivity contribution is 5.96. The Bertz CT molecular complexity index is 506. The van der Waals surface area contributed by atoms with E-state index in [2.05, 4.69) is 5.32 Å². The zero-order valence-electron chi connectivity index (χ0n) is 12.6. The number of Topliss-reactive ketones (excluding diaryl/α,β-unsaturated/α-hetero) is 1. The number of hydrogen-bond donors (Lipinski definition) is 1. The van der Waals surface area contributed by atoms with Gasteiger partial charge < -0.3 is 10.1 Å². The molecule has 0 bridgehead atoms. The maximum atomic E-state index is 11.6. The number of carbonyl (C=O) groups excluding carboxylic acids is 3. The molecular weight excluding hydrogens is 270 g/mol. The molecular formula is C16H21NO4. The first-order valence-electron chi connectivity index (χ1n) is 6.95. The summed E-state index contributed by atoms with van der Waals surface area (Å²) in [5.74, 6) is -0.382. The number of rotatable bonds is 7. The monoisotopic (exact) mass is 291 g/mol. The molecule has 1 rings (SSSR count). The van der Waals surface area contributed by atoms with E-state index in [0.29, 0.717) is 23.6 Å². The molecule has 5 heteroatoms. The van der Waals surface area contributed by atoms with E-state index in [1.54, 1.807) is 24.3 Å². The van der Waals surface area contributed by atoms with Gasteiger partial charge in [-0.25, -0.2) is 0 Å². The van der Waals surface area contributed by atoms with E-state index >= 15 is 0 Å². The number of ether oxygens (including phenoxy) is 1. The zero-order valence-corrected chi connectivity index (χ0v) is 12.6. The second-order valence-electron chi connectivity index (χ2n) is 5.27. The van der Waals surface area contributed by atoms with E-state index in [1.165, 1.54) is 6.92 Å². The summed E-state index contributed by atoms with van der Waals surface area (Å²) in [6, 6.07) is 6.53. The predicted molar refractivity (Wildman–Crippen MR) is 80.1 cm³/mol. The molecule has 0 aliphatic heterocycles. The minimum atomic E-state index is -0.400. The van der Waals surface area contributed by atoms with E-state index in [-0.39, 0.29) is 18.4 Å². The van der Waals surface area contributed by atoms with E-state index in [4.69, 9.17) is 4.74 Å². The Morgan fingerprint density at radius 3 is 2.29 bits per heavy atom. The fourth-order valence-corrected chi connectivity index (χ4v) is 1.61. The molecule has 0 aliphatic rings. The number of amides is 1. The van der Waals surface area contributed by atoms with Gasteiger partial charge in [-0.15, -0.1) is 0 Å². The number of benzene rings is 1. The maximum Gasteiger partial charge on any atom is 0.306 e. The number of ketones is 1.